The molecule has 0 aliphatic carbocycles. The monoisotopic (exact) mass is 328 g/mol. The Balaban J connectivity index is 2.18. The zero-order chi connectivity index (χ0) is 13.1. The molecule has 1 heterocycles. The third-order valence-corrected chi connectivity index (χ3v) is 2.88. The molecule has 0 spiro atoms. The van der Waals surface area contributed by atoms with E-state index >= 15 is 0 Å². The Morgan fingerprint density at radius 1 is 1.33 bits per heavy atom. The van der Waals surface area contributed by atoms with Gasteiger partial charge in [-0.3, -0.25) is 9.78 Å². The Hall–Kier alpha value is -1.46. The van der Waals surface area contributed by atoms with E-state index in [-0.39, 0.29) is 10.9 Å². The number of amides is 1. The van der Waals surface area contributed by atoms with E-state index in [1.54, 1.807) is 12.3 Å². The molecular weight excluding hydrogens is 322 g/mol. The van der Waals surface area contributed by atoms with Crippen molar-refractivity contribution >= 4 is 39.1 Å². The summed E-state index contributed by atoms with van der Waals surface area (Å²) in [6, 6.07) is 5.68. The molecule has 3 nitrogen and oxygen atoms in total. The fourth-order valence-electron chi connectivity index (χ4n) is 1.31. The summed E-state index contributed by atoms with van der Waals surface area (Å²) < 4.78 is 13.9. The normalized spacial score (nSPS) is 10.2. The van der Waals surface area contributed by atoms with Crippen LogP contribution in [0.3, 0.4) is 0 Å². The topological polar surface area (TPSA) is 42.0 Å². The molecule has 0 atom stereocenters. The smallest absolute Gasteiger partial charge is 0.257 e. The summed E-state index contributed by atoms with van der Waals surface area (Å²) in [5, 5.41) is 2.57. The number of benzene rings is 1. The summed E-state index contributed by atoms with van der Waals surface area (Å²) in [7, 11) is 0. The Morgan fingerprint density at radius 2 is 2.11 bits per heavy atom. The van der Waals surface area contributed by atoms with Crippen LogP contribution < -0.4 is 5.32 Å². The maximum atomic E-state index is 13.2. The molecule has 92 valence electrons. The second kappa shape index (κ2) is 5.46. The highest BCUT2D eigenvalue weighted by molar-refractivity contribution is 9.10. The molecule has 0 aliphatic heterocycles. The predicted molar refractivity (Wildman–Crippen MR) is 71.3 cm³/mol. The number of hydrogen-bond acceptors (Lipinski definition) is 2. The van der Waals surface area contributed by atoms with Gasteiger partial charge in [0.15, 0.2) is 0 Å². The summed E-state index contributed by atoms with van der Waals surface area (Å²) in [4.78, 5) is 15.7. The van der Waals surface area contributed by atoms with Crippen LogP contribution in [0.5, 0.6) is 0 Å². The molecule has 2 rings (SSSR count). The lowest BCUT2D eigenvalue weighted by atomic mass is 10.2. The van der Waals surface area contributed by atoms with Crippen LogP contribution in [0, 0.1) is 5.82 Å². The van der Waals surface area contributed by atoms with Crippen LogP contribution in [0.4, 0.5) is 10.1 Å². The summed E-state index contributed by atoms with van der Waals surface area (Å²) >= 11 is 8.77. The fraction of sp³-hybridized carbons (Fsp3) is 0. The highest BCUT2D eigenvalue weighted by Crippen LogP contribution is 2.19. The fourth-order valence-corrected chi connectivity index (χ4v) is 1.80. The van der Waals surface area contributed by atoms with E-state index in [0.717, 1.165) is 6.07 Å². The van der Waals surface area contributed by atoms with Gasteiger partial charge < -0.3 is 5.32 Å². The molecule has 0 unspecified atom stereocenters. The van der Waals surface area contributed by atoms with Crippen LogP contribution in [-0.2, 0) is 0 Å². The van der Waals surface area contributed by atoms with Crippen molar-refractivity contribution in [2.45, 2.75) is 0 Å². The van der Waals surface area contributed by atoms with E-state index in [1.165, 1.54) is 18.3 Å². The molecule has 6 heteroatoms. The van der Waals surface area contributed by atoms with Gasteiger partial charge in [-0.05, 0) is 40.2 Å². The zero-order valence-electron chi connectivity index (χ0n) is 8.95. The molecule has 2 aromatic rings. The zero-order valence-corrected chi connectivity index (χ0v) is 11.3. The Morgan fingerprint density at radius 3 is 2.78 bits per heavy atom. The van der Waals surface area contributed by atoms with Gasteiger partial charge in [0.25, 0.3) is 5.91 Å². The Bertz CT molecular complexity index is 606. The maximum absolute atomic E-state index is 13.2. The number of rotatable bonds is 2. The molecule has 0 saturated carbocycles. The van der Waals surface area contributed by atoms with Crippen LogP contribution in [0.2, 0.25) is 5.02 Å². The molecule has 1 aromatic carbocycles. The standard InChI is InChI=1S/C12H7BrClFN2O/c13-8-3-7(5-16-6-8)12(18)17-9-1-2-10(14)11(15)4-9/h1-6H,(H,17,18). The average Bonchev–Trinajstić information content (AvgIpc) is 2.34. The van der Waals surface area contributed by atoms with Crippen LogP contribution >= 0.6 is 27.5 Å². The minimum Gasteiger partial charge on any atom is -0.322 e. The SMILES string of the molecule is O=C(Nc1ccc(Cl)c(F)c1)c1cncc(Br)c1. The minimum absolute atomic E-state index is 0.0112. The van der Waals surface area contributed by atoms with Crippen LogP contribution in [-0.4, -0.2) is 10.9 Å². The maximum Gasteiger partial charge on any atom is 0.257 e. The van der Waals surface area contributed by atoms with E-state index in [0.29, 0.717) is 15.7 Å². The lowest BCUT2D eigenvalue weighted by Crippen LogP contribution is -2.12. The largest absolute Gasteiger partial charge is 0.322 e. The van der Waals surface area contributed by atoms with E-state index in [2.05, 4.69) is 26.2 Å². The van der Waals surface area contributed by atoms with E-state index < -0.39 is 5.82 Å². The highest BCUT2D eigenvalue weighted by Gasteiger charge is 2.08. The summed E-state index contributed by atoms with van der Waals surface area (Å²) in [6.07, 6.45) is 2.99. The van der Waals surface area contributed by atoms with Gasteiger partial charge in [-0.2, -0.15) is 0 Å². The van der Waals surface area contributed by atoms with Crippen molar-refractivity contribution in [2.75, 3.05) is 5.32 Å². The third kappa shape index (κ3) is 3.05. The van der Waals surface area contributed by atoms with Gasteiger partial charge in [-0.1, -0.05) is 11.6 Å². The van der Waals surface area contributed by atoms with Crippen molar-refractivity contribution in [3.05, 3.63) is 57.5 Å². The first-order chi connectivity index (χ1) is 8.56. The van der Waals surface area contributed by atoms with Crippen LogP contribution in [0.25, 0.3) is 0 Å². The highest BCUT2D eigenvalue weighted by atomic mass is 79.9. The Kier molecular flexibility index (Phi) is 3.93. The summed E-state index contributed by atoms with van der Waals surface area (Å²) in [5.74, 6) is -0.952. The van der Waals surface area contributed by atoms with E-state index in [4.69, 9.17) is 11.6 Å². The number of pyridine rings is 1. The molecule has 1 N–H and O–H groups in total. The van der Waals surface area contributed by atoms with Gasteiger partial charge in [0, 0.05) is 22.6 Å². The van der Waals surface area contributed by atoms with Crippen molar-refractivity contribution in [1.82, 2.24) is 4.98 Å². The van der Waals surface area contributed by atoms with E-state index in [1.807, 2.05) is 0 Å². The van der Waals surface area contributed by atoms with E-state index in [9.17, 15) is 9.18 Å². The third-order valence-electron chi connectivity index (χ3n) is 2.14. The van der Waals surface area contributed by atoms with Gasteiger partial charge in [0.2, 0.25) is 0 Å². The van der Waals surface area contributed by atoms with Gasteiger partial charge in [-0.15, -0.1) is 0 Å². The number of halogens is 3. The molecule has 0 aliphatic rings. The number of carbonyl (C=O) groups is 1. The first-order valence-corrected chi connectivity index (χ1v) is 6.10. The second-order valence-corrected chi connectivity index (χ2v) is 4.80. The molecular formula is C12H7BrClFN2O. The molecule has 1 aromatic heterocycles. The lowest BCUT2D eigenvalue weighted by molar-refractivity contribution is 0.102. The predicted octanol–water partition coefficient (Wildman–Crippen LogP) is 3.89. The number of nitrogens with one attached hydrogen (secondary N) is 1. The number of nitrogens with zero attached hydrogens (tertiary/aromatic N) is 1. The number of anilines is 1. The number of aromatic nitrogens is 1. The minimum atomic E-state index is -0.582. The first-order valence-electron chi connectivity index (χ1n) is 4.93. The molecule has 1 amide bonds. The van der Waals surface area contributed by atoms with Crippen molar-refractivity contribution in [3.63, 3.8) is 0 Å². The van der Waals surface area contributed by atoms with Crippen molar-refractivity contribution < 1.29 is 9.18 Å². The van der Waals surface area contributed by atoms with Gasteiger partial charge >= 0.3 is 0 Å². The molecule has 0 radical (unpaired) electrons. The van der Waals surface area contributed by atoms with Crippen LogP contribution in [0.1, 0.15) is 10.4 Å². The number of hydrogen-bond donors (Lipinski definition) is 1. The molecule has 0 bridgehead atoms. The Labute approximate surface area is 116 Å². The van der Waals surface area contributed by atoms with Crippen molar-refractivity contribution in [1.29, 1.82) is 0 Å². The quantitative estimate of drug-likeness (QED) is 0.908. The average molecular weight is 330 g/mol. The van der Waals surface area contributed by atoms with Gasteiger partial charge in [0.1, 0.15) is 5.82 Å². The first kappa shape index (κ1) is 13.0. The second-order valence-electron chi connectivity index (χ2n) is 3.47. The summed E-state index contributed by atoms with van der Waals surface area (Å²) in [6.45, 7) is 0. The lowest BCUT2D eigenvalue weighted by Gasteiger charge is -2.05. The molecule has 18 heavy (non-hydrogen) atoms. The molecule has 0 saturated heterocycles. The van der Waals surface area contributed by atoms with Crippen molar-refractivity contribution in [3.8, 4) is 0 Å². The van der Waals surface area contributed by atoms with Gasteiger partial charge in [-0.25, -0.2) is 4.39 Å². The number of carbonyl (C=O) groups excluding carboxylic acids is 1. The van der Waals surface area contributed by atoms with Crippen molar-refractivity contribution in [2.24, 2.45) is 0 Å². The summed E-state index contributed by atoms with van der Waals surface area (Å²) in [5.41, 5.74) is 0.710. The van der Waals surface area contributed by atoms with Gasteiger partial charge in [0.05, 0.1) is 10.6 Å². The molecule has 0 fully saturated rings. The van der Waals surface area contributed by atoms with Crippen LogP contribution in [0.15, 0.2) is 41.1 Å².